The maximum absolute atomic E-state index is 12.5. The van der Waals surface area contributed by atoms with E-state index in [1.165, 1.54) is 12.1 Å². The van der Waals surface area contributed by atoms with Gasteiger partial charge < -0.3 is 5.32 Å². The van der Waals surface area contributed by atoms with Gasteiger partial charge in [0.25, 0.3) is 0 Å². The number of nitrogens with one attached hydrogen (secondary N) is 1. The van der Waals surface area contributed by atoms with Crippen LogP contribution in [0, 0.1) is 5.92 Å². The lowest BCUT2D eigenvalue weighted by Gasteiger charge is -2.29. The third kappa shape index (κ3) is 4.30. The predicted octanol–water partition coefficient (Wildman–Crippen LogP) is 4.06. The highest BCUT2D eigenvalue weighted by molar-refractivity contribution is 5.96. The number of Topliss-reactive ketones (excluding diaryl/α,β-unsaturated/α-hetero) is 1. The second-order valence-corrected chi connectivity index (χ2v) is 5.65. The minimum atomic E-state index is -4.36. The summed E-state index contributed by atoms with van der Waals surface area (Å²) in [5, 5.41) is 3.32. The minimum absolute atomic E-state index is 0.0991. The van der Waals surface area contributed by atoms with E-state index < -0.39 is 11.7 Å². The van der Waals surface area contributed by atoms with Crippen LogP contribution in [0.4, 0.5) is 13.2 Å². The molecule has 1 saturated heterocycles. The van der Waals surface area contributed by atoms with Gasteiger partial charge in [0.1, 0.15) is 0 Å². The zero-order valence-corrected chi connectivity index (χ0v) is 12.0. The molecule has 0 amide bonds. The Morgan fingerprint density at radius 3 is 2.52 bits per heavy atom. The van der Waals surface area contributed by atoms with E-state index in [1.807, 2.05) is 0 Å². The molecule has 1 N–H and O–H groups in total. The standard InChI is InChI=1S/C16H20F3NO/c1-2-11-7-8-20-14(9-11)10-15(21)12-3-5-13(6-4-12)16(17,18)19/h3-6,11,14,20H,2,7-10H2,1H3. The van der Waals surface area contributed by atoms with Crippen molar-refractivity contribution in [3.05, 3.63) is 35.4 Å². The van der Waals surface area contributed by atoms with E-state index in [4.69, 9.17) is 0 Å². The normalized spacial score (nSPS) is 23.0. The van der Waals surface area contributed by atoms with Gasteiger partial charge in [0, 0.05) is 18.0 Å². The third-order valence-electron chi connectivity index (χ3n) is 4.15. The Bertz CT molecular complexity index is 481. The summed E-state index contributed by atoms with van der Waals surface area (Å²) in [5.41, 5.74) is -0.371. The van der Waals surface area contributed by atoms with Crippen LogP contribution >= 0.6 is 0 Å². The first kappa shape index (κ1) is 16.0. The van der Waals surface area contributed by atoms with E-state index >= 15 is 0 Å². The van der Waals surface area contributed by atoms with Crippen LogP contribution in [0.25, 0.3) is 0 Å². The number of hydrogen-bond donors (Lipinski definition) is 1. The number of carbonyl (C=O) groups is 1. The number of piperidine rings is 1. The van der Waals surface area contributed by atoms with Gasteiger partial charge in [-0.25, -0.2) is 0 Å². The Balaban J connectivity index is 1.97. The molecule has 116 valence electrons. The van der Waals surface area contributed by atoms with Crippen molar-refractivity contribution in [2.24, 2.45) is 5.92 Å². The fraction of sp³-hybridized carbons (Fsp3) is 0.562. The Morgan fingerprint density at radius 2 is 1.95 bits per heavy atom. The van der Waals surface area contributed by atoms with E-state index in [9.17, 15) is 18.0 Å². The van der Waals surface area contributed by atoms with E-state index in [0.717, 1.165) is 37.9 Å². The molecular weight excluding hydrogens is 279 g/mol. The molecule has 2 nitrogen and oxygen atoms in total. The van der Waals surface area contributed by atoms with Gasteiger partial charge in [0.15, 0.2) is 5.78 Å². The third-order valence-corrected chi connectivity index (χ3v) is 4.15. The second-order valence-electron chi connectivity index (χ2n) is 5.65. The molecule has 0 aliphatic carbocycles. The van der Waals surface area contributed by atoms with Crippen LogP contribution in [0.15, 0.2) is 24.3 Å². The van der Waals surface area contributed by atoms with Crippen LogP contribution in [0.2, 0.25) is 0 Å². The fourth-order valence-electron chi connectivity index (χ4n) is 2.81. The molecule has 1 aromatic rings. The highest BCUT2D eigenvalue weighted by atomic mass is 19.4. The molecule has 1 aliphatic rings. The molecule has 21 heavy (non-hydrogen) atoms. The Labute approximate surface area is 122 Å². The lowest BCUT2D eigenvalue weighted by atomic mass is 9.87. The van der Waals surface area contributed by atoms with Crippen molar-refractivity contribution < 1.29 is 18.0 Å². The maximum Gasteiger partial charge on any atom is 0.416 e. The van der Waals surface area contributed by atoms with Crippen molar-refractivity contribution in [3.8, 4) is 0 Å². The van der Waals surface area contributed by atoms with Crippen molar-refractivity contribution >= 4 is 5.78 Å². The van der Waals surface area contributed by atoms with E-state index in [0.29, 0.717) is 17.9 Å². The van der Waals surface area contributed by atoms with Crippen LogP contribution in [0.5, 0.6) is 0 Å². The molecule has 1 aliphatic heterocycles. The minimum Gasteiger partial charge on any atom is -0.314 e. The van der Waals surface area contributed by atoms with Gasteiger partial charge >= 0.3 is 6.18 Å². The average molecular weight is 299 g/mol. The van der Waals surface area contributed by atoms with Gasteiger partial charge in [-0.1, -0.05) is 25.5 Å². The van der Waals surface area contributed by atoms with Gasteiger partial charge in [0.05, 0.1) is 5.56 Å². The lowest BCUT2D eigenvalue weighted by molar-refractivity contribution is -0.137. The zero-order valence-electron chi connectivity index (χ0n) is 12.0. The summed E-state index contributed by atoms with van der Waals surface area (Å²) in [4.78, 5) is 12.1. The monoisotopic (exact) mass is 299 g/mol. The van der Waals surface area contributed by atoms with Crippen LogP contribution < -0.4 is 5.32 Å². The Kier molecular flexibility index (Phi) is 5.04. The van der Waals surface area contributed by atoms with Gasteiger partial charge in [-0.2, -0.15) is 13.2 Å². The molecule has 0 radical (unpaired) electrons. The number of halogens is 3. The molecule has 0 spiro atoms. The predicted molar refractivity (Wildman–Crippen MR) is 75.2 cm³/mol. The van der Waals surface area contributed by atoms with Crippen molar-refractivity contribution in [2.75, 3.05) is 6.54 Å². The molecular formula is C16H20F3NO. The molecule has 2 rings (SSSR count). The molecule has 0 saturated carbocycles. The molecule has 2 unspecified atom stereocenters. The summed E-state index contributed by atoms with van der Waals surface area (Å²) >= 11 is 0. The summed E-state index contributed by atoms with van der Waals surface area (Å²) < 4.78 is 37.4. The van der Waals surface area contributed by atoms with Gasteiger partial charge in [-0.05, 0) is 37.4 Å². The quantitative estimate of drug-likeness (QED) is 0.850. The average Bonchev–Trinajstić information content (AvgIpc) is 2.46. The van der Waals surface area contributed by atoms with Crippen LogP contribution in [0.3, 0.4) is 0 Å². The van der Waals surface area contributed by atoms with Crippen molar-refractivity contribution in [3.63, 3.8) is 0 Å². The van der Waals surface area contributed by atoms with Crippen molar-refractivity contribution in [1.29, 1.82) is 0 Å². The number of carbonyl (C=O) groups excluding carboxylic acids is 1. The largest absolute Gasteiger partial charge is 0.416 e. The van der Waals surface area contributed by atoms with Crippen LogP contribution in [0.1, 0.15) is 48.5 Å². The first-order chi connectivity index (χ1) is 9.90. The number of benzene rings is 1. The topological polar surface area (TPSA) is 29.1 Å². The number of rotatable bonds is 4. The van der Waals surface area contributed by atoms with Gasteiger partial charge in [-0.3, -0.25) is 4.79 Å². The summed E-state index contributed by atoms with van der Waals surface area (Å²) in [6.07, 6.45) is -0.820. The van der Waals surface area contributed by atoms with E-state index in [2.05, 4.69) is 12.2 Å². The van der Waals surface area contributed by atoms with Crippen LogP contribution in [-0.4, -0.2) is 18.4 Å². The molecule has 0 bridgehead atoms. The van der Waals surface area contributed by atoms with Gasteiger partial charge in [0.2, 0.25) is 0 Å². The molecule has 0 aromatic heterocycles. The Hall–Kier alpha value is -1.36. The molecule has 1 fully saturated rings. The lowest BCUT2D eigenvalue weighted by Crippen LogP contribution is -2.39. The highest BCUT2D eigenvalue weighted by Gasteiger charge is 2.30. The van der Waals surface area contributed by atoms with Crippen molar-refractivity contribution in [1.82, 2.24) is 5.32 Å². The first-order valence-electron chi connectivity index (χ1n) is 7.34. The van der Waals surface area contributed by atoms with E-state index in [1.54, 1.807) is 0 Å². The van der Waals surface area contributed by atoms with Crippen LogP contribution in [-0.2, 0) is 6.18 Å². The Morgan fingerprint density at radius 1 is 1.29 bits per heavy atom. The highest BCUT2D eigenvalue weighted by Crippen LogP contribution is 2.29. The summed E-state index contributed by atoms with van der Waals surface area (Å²) in [5.74, 6) is 0.537. The zero-order chi connectivity index (χ0) is 15.5. The molecule has 5 heteroatoms. The number of alkyl halides is 3. The van der Waals surface area contributed by atoms with Crippen molar-refractivity contribution in [2.45, 2.75) is 44.8 Å². The molecule has 1 aromatic carbocycles. The van der Waals surface area contributed by atoms with E-state index in [-0.39, 0.29) is 11.8 Å². The smallest absolute Gasteiger partial charge is 0.314 e. The number of hydrogen-bond acceptors (Lipinski definition) is 2. The number of ketones is 1. The summed E-state index contributed by atoms with van der Waals surface area (Å²) in [7, 11) is 0. The first-order valence-corrected chi connectivity index (χ1v) is 7.34. The SMILES string of the molecule is CCC1CCNC(CC(=O)c2ccc(C(F)(F)F)cc2)C1. The summed E-state index contributed by atoms with van der Waals surface area (Å²) in [6, 6.07) is 4.61. The fourth-order valence-corrected chi connectivity index (χ4v) is 2.81. The van der Waals surface area contributed by atoms with Gasteiger partial charge in [-0.15, -0.1) is 0 Å². The summed E-state index contributed by atoms with van der Waals surface area (Å²) in [6.45, 7) is 3.05. The second kappa shape index (κ2) is 6.60. The maximum atomic E-state index is 12.5. The molecule has 1 heterocycles. The molecule has 2 atom stereocenters.